The minimum absolute atomic E-state index is 0.0473. The molecule has 2 amide bonds. The number of urea groups is 1. The standard InChI is InChI=1S/C19H24N2O2S/c1-15(8-7-13-22)21-19(23)20-14-16-9-5-6-12-18(16)24-17-10-3-2-4-11-17/h2-6,9-12,15,22H,7-8,13-14H2,1H3,(H2,20,21,23). The molecular formula is C19H24N2O2S. The molecule has 0 bridgehead atoms. The molecule has 128 valence electrons. The van der Waals surface area contributed by atoms with Crippen LogP contribution >= 0.6 is 11.8 Å². The lowest BCUT2D eigenvalue weighted by molar-refractivity contribution is 0.234. The van der Waals surface area contributed by atoms with Gasteiger partial charge in [-0.05, 0) is 43.5 Å². The molecule has 4 nitrogen and oxygen atoms in total. The molecule has 0 aliphatic carbocycles. The summed E-state index contributed by atoms with van der Waals surface area (Å²) >= 11 is 1.69. The second kappa shape index (κ2) is 10.0. The summed E-state index contributed by atoms with van der Waals surface area (Å²) in [6.45, 7) is 2.57. The third-order valence-corrected chi connectivity index (χ3v) is 4.68. The van der Waals surface area contributed by atoms with Crippen molar-refractivity contribution in [3.05, 3.63) is 60.2 Å². The van der Waals surface area contributed by atoms with Gasteiger partial charge < -0.3 is 15.7 Å². The zero-order valence-corrected chi connectivity index (χ0v) is 14.7. The number of amides is 2. The smallest absolute Gasteiger partial charge is 0.315 e. The Bertz CT molecular complexity index is 634. The minimum atomic E-state index is -0.181. The maximum Gasteiger partial charge on any atom is 0.315 e. The number of hydrogen-bond donors (Lipinski definition) is 3. The summed E-state index contributed by atoms with van der Waals surface area (Å²) in [6, 6.07) is 18.1. The van der Waals surface area contributed by atoms with Crippen LogP contribution in [-0.4, -0.2) is 23.8 Å². The molecule has 0 radical (unpaired) electrons. The molecule has 3 N–H and O–H groups in total. The van der Waals surface area contributed by atoms with Gasteiger partial charge in [0.2, 0.25) is 0 Å². The fourth-order valence-electron chi connectivity index (χ4n) is 2.28. The van der Waals surface area contributed by atoms with Gasteiger partial charge in [-0.1, -0.05) is 48.2 Å². The molecule has 2 rings (SSSR count). The number of hydrogen-bond acceptors (Lipinski definition) is 3. The summed E-state index contributed by atoms with van der Waals surface area (Å²) in [7, 11) is 0. The van der Waals surface area contributed by atoms with Crippen molar-refractivity contribution < 1.29 is 9.90 Å². The first-order valence-electron chi connectivity index (χ1n) is 8.15. The molecule has 1 unspecified atom stereocenters. The molecule has 0 heterocycles. The van der Waals surface area contributed by atoms with Crippen molar-refractivity contribution in [2.75, 3.05) is 6.61 Å². The van der Waals surface area contributed by atoms with Gasteiger partial charge in [0.1, 0.15) is 0 Å². The molecule has 0 saturated carbocycles. The van der Waals surface area contributed by atoms with Gasteiger partial charge in [-0.25, -0.2) is 4.79 Å². The van der Waals surface area contributed by atoms with Crippen LogP contribution in [0.4, 0.5) is 4.79 Å². The van der Waals surface area contributed by atoms with E-state index in [0.717, 1.165) is 16.9 Å². The van der Waals surface area contributed by atoms with Crippen molar-refractivity contribution in [2.24, 2.45) is 0 Å². The van der Waals surface area contributed by atoms with Gasteiger partial charge in [0.15, 0.2) is 0 Å². The van der Waals surface area contributed by atoms with Crippen LogP contribution in [0.15, 0.2) is 64.4 Å². The van der Waals surface area contributed by atoms with Gasteiger partial charge in [0.05, 0.1) is 0 Å². The fraction of sp³-hybridized carbons (Fsp3) is 0.316. The lowest BCUT2D eigenvalue weighted by atomic mass is 10.2. The summed E-state index contributed by atoms with van der Waals surface area (Å²) in [6.07, 6.45) is 1.46. The Balaban J connectivity index is 1.89. The van der Waals surface area contributed by atoms with E-state index < -0.39 is 0 Å². The number of aliphatic hydroxyl groups is 1. The van der Waals surface area contributed by atoms with E-state index in [4.69, 9.17) is 5.11 Å². The zero-order chi connectivity index (χ0) is 17.2. The highest BCUT2D eigenvalue weighted by molar-refractivity contribution is 7.99. The van der Waals surface area contributed by atoms with Gasteiger partial charge >= 0.3 is 6.03 Å². The Kier molecular flexibility index (Phi) is 7.65. The average molecular weight is 344 g/mol. The molecule has 0 fully saturated rings. The van der Waals surface area contributed by atoms with E-state index in [1.807, 2.05) is 43.3 Å². The van der Waals surface area contributed by atoms with E-state index in [1.165, 1.54) is 4.90 Å². The highest BCUT2D eigenvalue weighted by Crippen LogP contribution is 2.30. The number of carbonyl (C=O) groups excluding carboxylic acids is 1. The van der Waals surface area contributed by atoms with Crippen LogP contribution in [0.5, 0.6) is 0 Å². The summed E-state index contributed by atoms with van der Waals surface area (Å²) in [5.41, 5.74) is 1.09. The third-order valence-electron chi connectivity index (χ3n) is 3.56. The third kappa shape index (κ3) is 6.26. The molecule has 2 aromatic rings. The predicted octanol–water partition coefficient (Wildman–Crippen LogP) is 3.80. The lowest BCUT2D eigenvalue weighted by Crippen LogP contribution is -2.40. The monoisotopic (exact) mass is 344 g/mol. The van der Waals surface area contributed by atoms with Crippen LogP contribution in [0.1, 0.15) is 25.3 Å². The van der Waals surface area contributed by atoms with Crippen LogP contribution in [0.3, 0.4) is 0 Å². The number of carbonyl (C=O) groups is 1. The van der Waals surface area contributed by atoms with Gasteiger partial charge in [-0.3, -0.25) is 0 Å². The van der Waals surface area contributed by atoms with Crippen LogP contribution in [-0.2, 0) is 6.54 Å². The van der Waals surface area contributed by atoms with Crippen molar-refractivity contribution in [3.8, 4) is 0 Å². The van der Waals surface area contributed by atoms with E-state index in [0.29, 0.717) is 13.0 Å². The van der Waals surface area contributed by atoms with Crippen LogP contribution in [0.2, 0.25) is 0 Å². The molecular weight excluding hydrogens is 320 g/mol. The van der Waals surface area contributed by atoms with Crippen molar-refractivity contribution in [2.45, 2.75) is 42.1 Å². The Morgan fingerprint density at radius 1 is 1.12 bits per heavy atom. The molecule has 1 atom stereocenters. The quantitative estimate of drug-likeness (QED) is 0.683. The summed E-state index contributed by atoms with van der Waals surface area (Å²) in [5, 5.41) is 14.6. The molecule has 0 aromatic heterocycles. The van der Waals surface area contributed by atoms with Crippen LogP contribution < -0.4 is 10.6 Å². The van der Waals surface area contributed by atoms with Crippen molar-refractivity contribution >= 4 is 17.8 Å². The van der Waals surface area contributed by atoms with E-state index in [1.54, 1.807) is 11.8 Å². The summed E-state index contributed by atoms with van der Waals surface area (Å²) in [5.74, 6) is 0. The topological polar surface area (TPSA) is 61.4 Å². The molecule has 2 aromatic carbocycles. The maximum atomic E-state index is 12.0. The Hall–Kier alpha value is -1.98. The minimum Gasteiger partial charge on any atom is -0.396 e. The first kappa shape index (κ1) is 18.4. The van der Waals surface area contributed by atoms with Crippen LogP contribution in [0.25, 0.3) is 0 Å². The molecule has 24 heavy (non-hydrogen) atoms. The van der Waals surface area contributed by atoms with E-state index in [-0.39, 0.29) is 18.7 Å². The highest BCUT2D eigenvalue weighted by Gasteiger charge is 2.08. The Labute approximate surface area is 147 Å². The summed E-state index contributed by atoms with van der Waals surface area (Å²) in [4.78, 5) is 14.3. The van der Waals surface area contributed by atoms with Crippen LogP contribution in [0, 0.1) is 0 Å². The number of rotatable bonds is 8. The van der Waals surface area contributed by atoms with E-state index in [2.05, 4.69) is 28.8 Å². The van der Waals surface area contributed by atoms with Crippen molar-refractivity contribution in [3.63, 3.8) is 0 Å². The number of benzene rings is 2. The predicted molar refractivity (Wildman–Crippen MR) is 98.2 cm³/mol. The van der Waals surface area contributed by atoms with Gasteiger partial charge in [0.25, 0.3) is 0 Å². The lowest BCUT2D eigenvalue weighted by Gasteiger charge is -2.15. The van der Waals surface area contributed by atoms with Gasteiger partial charge in [-0.15, -0.1) is 0 Å². The van der Waals surface area contributed by atoms with Crippen molar-refractivity contribution in [1.29, 1.82) is 0 Å². The SMILES string of the molecule is CC(CCCO)NC(=O)NCc1ccccc1Sc1ccccc1. The number of aliphatic hydroxyl groups excluding tert-OH is 1. The first-order chi connectivity index (χ1) is 11.7. The highest BCUT2D eigenvalue weighted by atomic mass is 32.2. The zero-order valence-electron chi connectivity index (χ0n) is 13.9. The largest absolute Gasteiger partial charge is 0.396 e. The average Bonchev–Trinajstić information content (AvgIpc) is 2.60. The second-order valence-electron chi connectivity index (χ2n) is 5.62. The van der Waals surface area contributed by atoms with Crippen molar-refractivity contribution in [1.82, 2.24) is 10.6 Å². The molecule has 0 aliphatic rings. The molecule has 5 heteroatoms. The molecule has 0 saturated heterocycles. The first-order valence-corrected chi connectivity index (χ1v) is 8.96. The second-order valence-corrected chi connectivity index (χ2v) is 6.73. The molecule has 0 aliphatic heterocycles. The maximum absolute atomic E-state index is 12.0. The van der Waals surface area contributed by atoms with Gasteiger partial charge in [-0.2, -0.15) is 0 Å². The van der Waals surface area contributed by atoms with E-state index in [9.17, 15) is 4.79 Å². The van der Waals surface area contributed by atoms with Gasteiger partial charge in [0, 0.05) is 29.0 Å². The number of nitrogens with one attached hydrogen (secondary N) is 2. The molecule has 0 spiro atoms. The van der Waals surface area contributed by atoms with E-state index >= 15 is 0 Å². The fourth-order valence-corrected chi connectivity index (χ4v) is 3.25. The summed E-state index contributed by atoms with van der Waals surface area (Å²) < 4.78 is 0. The Morgan fingerprint density at radius 3 is 2.58 bits per heavy atom. The Morgan fingerprint density at radius 2 is 1.83 bits per heavy atom. The normalized spacial score (nSPS) is 11.8.